The van der Waals surface area contributed by atoms with Crippen LogP contribution in [-0.4, -0.2) is 19.1 Å². The molecular formula is C60H50N4. The Bertz CT molecular complexity index is 3500. The van der Waals surface area contributed by atoms with Crippen molar-refractivity contribution < 1.29 is 0 Å². The minimum atomic E-state index is 0.0126. The lowest BCUT2D eigenvalue weighted by Crippen LogP contribution is -2.10. The van der Waals surface area contributed by atoms with Gasteiger partial charge in [0.1, 0.15) is 0 Å². The van der Waals surface area contributed by atoms with E-state index in [2.05, 4.69) is 233 Å². The number of hydrogen-bond donors (Lipinski definition) is 0. The van der Waals surface area contributed by atoms with Gasteiger partial charge in [0.25, 0.3) is 0 Å². The second-order valence-electron chi connectivity index (χ2n) is 19.1. The van der Waals surface area contributed by atoms with E-state index in [1.165, 1.54) is 54.7 Å². The van der Waals surface area contributed by atoms with Gasteiger partial charge in [-0.15, -0.1) is 0 Å². The molecule has 0 unspecified atom stereocenters. The van der Waals surface area contributed by atoms with Gasteiger partial charge in [0, 0.05) is 49.5 Å². The lowest BCUT2D eigenvalue weighted by Gasteiger charge is -2.20. The summed E-state index contributed by atoms with van der Waals surface area (Å²) < 4.78 is 4.88. The fourth-order valence-electron chi connectivity index (χ4n) is 9.42. The number of rotatable bonds is 6. The molecule has 0 radical (unpaired) electrons. The van der Waals surface area contributed by atoms with Crippen LogP contribution in [0.25, 0.3) is 100 Å². The van der Waals surface area contributed by atoms with Gasteiger partial charge in [-0.05, 0) is 100 Å². The van der Waals surface area contributed by atoms with Gasteiger partial charge in [-0.1, -0.05) is 163 Å². The van der Waals surface area contributed by atoms with Gasteiger partial charge in [-0.3, -0.25) is 0 Å². The van der Waals surface area contributed by atoms with E-state index in [1.54, 1.807) is 0 Å². The third-order valence-corrected chi connectivity index (χ3v) is 12.9. The van der Waals surface area contributed by atoms with Crippen LogP contribution in [0.1, 0.15) is 52.7 Å². The van der Waals surface area contributed by atoms with Crippen LogP contribution in [0.2, 0.25) is 0 Å². The van der Waals surface area contributed by atoms with Crippen molar-refractivity contribution in [1.82, 2.24) is 19.1 Å². The Morgan fingerprint density at radius 1 is 0.344 bits per heavy atom. The highest BCUT2D eigenvalue weighted by Crippen LogP contribution is 2.42. The zero-order chi connectivity index (χ0) is 43.7. The summed E-state index contributed by atoms with van der Waals surface area (Å²) >= 11 is 0. The minimum absolute atomic E-state index is 0.0126. The van der Waals surface area contributed by atoms with Crippen molar-refractivity contribution in [3.8, 4) is 56.4 Å². The van der Waals surface area contributed by atoms with Crippen LogP contribution < -0.4 is 0 Å². The second kappa shape index (κ2) is 15.1. The number of hydrogen-bond acceptors (Lipinski definition) is 2. The Hall–Kier alpha value is -7.56. The van der Waals surface area contributed by atoms with Crippen molar-refractivity contribution in [3.63, 3.8) is 0 Å². The van der Waals surface area contributed by atoms with Crippen LogP contribution >= 0.6 is 0 Å². The standard InChI is InChI=1S/C60H50N4/c1-59(2,3)43-29-32-56-49(36-43)46-24-13-15-26-53(46)63(56)45-23-17-22-41(34-45)48-35-42(58-61-51(39-18-9-7-10-19-39)38-52(62-58)40-20-11-8-12-21-40)28-31-55(48)64-54-27-16-14-25-47(54)50-37-44(60(4,5)6)30-33-57(50)64/h7-38H,1-6H3. The zero-order valence-corrected chi connectivity index (χ0v) is 37.3. The molecule has 0 atom stereocenters. The fraction of sp³-hybridized carbons (Fsp3) is 0.133. The van der Waals surface area contributed by atoms with Gasteiger partial charge in [0.2, 0.25) is 0 Å². The van der Waals surface area contributed by atoms with E-state index in [1.807, 2.05) is 12.1 Å². The molecule has 0 saturated heterocycles. The summed E-state index contributed by atoms with van der Waals surface area (Å²) in [6.07, 6.45) is 0. The van der Waals surface area contributed by atoms with Crippen LogP contribution in [0.4, 0.5) is 0 Å². The van der Waals surface area contributed by atoms with E-state index in [0.29, 0.717) is 5.82 Å². The highest BCUT2D eigenvalue weighted by atomic mass is 15.0. The molecule has 0 amide bonds. The second-order valence-corrected chi connectivity index (χ2v) is 19.1. The van der Waals surface area contributed by atoms with E-state index in [9.17, 15) is 0 Å². The normalized spacial score (nSPS) is 12.2. The number of nitrogens with zero attached hydrogens (tertiary/aromatic N) is 4. The van der Waals surface area contributed by atoms with E-state index in [0.717, 1.165) is 50.6 Å². The lowest BCUT2D eigenvalue weighted by molar-refractivity contribution is 0.591. The van der Waals surface area contributed by atoms with Crippen molar-refractivity contribution in [2.45, 2.75) is 52.4 Å². The number of fused-ring (bicyclic) bond motifs is 6. The fourth-order valence-corrected chi connectivity index (χ4v) is 9.42. The lowest BCUT2D eigenvalue weighted by atomic mass is 9.86. The summed E-state index contributed by atoms with van der Waals surface area (Å²) in [6, 6.07) is 70.4. The number of benzene rings is 8. The Labute approximate surface area is 375 Å². The first-order chi connectivity index (χ1) is 31.0. The first-order valence-electron chi connectivity index (χ1n) is 22.3. The molecule has 310 valence electrons. The largest absolute Gasteiger partial charge is 0.309 e. The van der Waals surface area contributed by atoms with E-state index < -0.39 is 0 Å². The SMILES string of the molecule is CC(C)(C)c1ccc2c(c1)c1ccccc1n2-c1cccc(-c2cc(-c3nc(-c4ccccc4)cc(-c4ccccc4)n3)ccc2-n2c3ccccc3c3cc(C(C)(C)C)ccc32)c1. The summed E-state index contributed by atoms with van der Waals surface area (Å²) in [5, 5.41) is 5.00. The molecule has 0 aliphatic carbocycles. The summed E-state index contributed by atoms with van der Waals surface area (Å²) in [5.41, 5.74) is 16.6. The third kappa shape index (κ3) is 6.78. The summed E-state index contributed by atoms with van der Waals surface area (Å²) in [4.78, 5) is 10.6. The van der Waals surface area contributed by atoms with Crippen LogP contribution in [0, 0.1) is 0 Å². The smallest absolute Gasteiger partial charge is 0.160 e. The van der Waals surface area contributed by atoms with Crippen molar-refractivity contribution in [2.75, 3.05) is 0 Å². The van der Waals surface area contributed by atoms with Gasteiger partial charge >= 0.3 is 0 Å². The van der Waals surface area contributed by atoms with Gasteiger partial charge in [0.15, 0.2) is 5.82 Å². The molecule has 64 heavy (non-hydrogen) atoms. The Kier molecular flexibility index (Phi) is 9.25. The predicted octanol–water partition coefficient (Wildman–Crippen LogP) is 15.9. The number of para-hydroxylation sites is 2. The van der Waals surface area contributed by atoms with Gasteiger partial charge in [-0.2, -0.15) is 0 Å². The Morgan fingerprint density at radius 3 is 1.39 bits per heavy atom. The molecule has 11 rings (SSSR count). The van der Waals surface area contributed by atoms with Crippen LogP contribution in [0.5, 0.6) is 0 Å². The molecule has 0 aliphatic heterocycles. The molecule has 8 aromatic carbocycles. The van der Waals surface area contributed by atoms with Crippen molar-refractivity contribution in [3.05, 3.63) is 205 Å². The van der Waals surface area contributed by atoms with E-state index in [-0.39, 0.29) is 10.8 Å². The molecule has 11 aromatic rings. The minimum Gasteiger partial charge on any atom is -0.309 e. The zero-order valence-electron chi connectivity index (χ0n) is 37.3. The molecule has 0 aliphatic rings. The first kappa shape index (κ1) is 39.3. The Balaban J connectivity index is 1.18. The maximum absolute atomic E-state index is 5.29. The third-order valence-electron chi connectivity index (χ3n) is 12.9. The molecule has 0 N–H and O–H groups in total. The average molecular weight is 827 g/mol. The molecule has 4 heteroatoms. The van der Waals surface area contributed by atoms with Crippen LogP contribution in [0.15, 0.2) is 194 Å². The molecule has 0 bridgehead atoms. The summed E-state index contributed by atoms with van der Waals surface area (Å²) in [6.45, 7) is 13.7. The maximum atomic E-state index is 5.29. The molecule has 0 saturated carbocycles. The molecule has 3 aromatic heterocycles. The van der Waals surface area contributed by atoms with E-state index >= 15 is 0 Å². The van der Waals surface area contributed by atoms with Crippen LogP contribution in [0.3, 0.4) is 0 Å². The predicted molar refractivity (Wildman–Crippen MR) is 270 cm³/mol. The molecule has 0 spiro atoms. The van der Waals surface area contributed by atoms with Gasteiger partial charge < -0.3 is 9.13 Å². The molecular weight excluding hydrogens is 777 g/mol. The highest BCUT2D eigenvalue weighted by Gasteiger charge is 2.23. The monoisotopic (exact) mass is 826 g/mol. The number of aromatic nitrogens is 4. The average Bonchev–Trinajstić information content (AvgIpc) is 3.83. The molecule has 3 heterocycles. The molecule has 4 nitrogen and oxygen atoms in total. The molecule has 0 fully saturated rings. The van der Waals surface area contributed by atoms with Crippen molar-refractivity contribution in [2.24, 2.45) is 0 Å². The van der Waals surface area contributed by atoms with Crippen molar-refractivity contribution >= 4 is 43.6 Å². The topological polar surface area (TPSA) is 35.6 Å². The summed E-state index contributed by atoms with van der Waals surface area (Å²) in [5.74, 6) is 0.679. The van der Waals surface area contributed by atoms with Gasteiger partial charge in [-0.25, -0.2) is 9.97 Å². The van der Waals surface area contributed by atoms with Gasteiger partial charge in [0.05, 0.1) is 39.1 Å². The maximum Gasteiger partial charge on any atom is 0.160 e. The van der Waals surface area contributed by atoms with Crippen molar-refractivity contribution in [1.29, 1.82) is 0 Å². The quantitative estimate of drug-likeness (QED) is 0.167. The van der Waals surface area contributed by atoms with Crippen LogP contribution in [-0.2, 0) is 10.8 Å². The Morgan fingerprint density at radius 2 is 0.828 bits per heavy atom. The highest BCUT2D eigenvalue weighted by molar-refractivity contribution is 6.11. The summed E-state index contributed by atoms with van der Waals surface area (Å²) in [7, 11) is 0. The van der Waals surface area contributed by atoms with E-state index in [4.69, 9.17) is 9.97 Å². The first-order valence-corrected chi connectivity index (χ1v) is 22.3.